The van der Waals surface area contributed by atoms with Gasteiger partial charge in [0.1, 0.15) is 18.4 Å². The summed E-state index contributed by atoms with van der Waals surface area (Å²) in [6.07, 6.45) is 5.74. The van der Waals surface area contributed by atoms with E-state index in [4.69, 9.17) is 9.47 Å². The van der Waals surface area contributed by atoms with E-state index in [9.17, 15) is 9.59 Å². The number of rotatable bonds is 5. The standard InChI is InChI=1S/C19H25NO4/c1-23-16-9-4-6-14(12-16)13-24-19(22)17-10-5-11-20(17)18(21)15-7-2-3-8-15/h4,6,9,12,15,17H,2-3,5,7-8,10-11,13H2,1H3/t17-/m1/s1. The summed E-state index contributed by atoms with van der Waals surface area (Å²) in [6.45, 7) is 0.881. The van der Waals surface area contributed by atoms with Gasteiger partial charge in [-0.1, -0.05) is 25.0 Å². The molecule has 1 aromatic rings. The average molecular weight is 331 g/mol. The number of esters is 1. The molecule has 1 aliphatic carbocycles. The fourth-order valence-corrected chi connectivity index (χ4v) is 3.70. The van der Waals surface area contributed by atoms with Crippen LogP contribution >= 0.6 is 0 Å². The smallest absolute Gasteiger partial charge is 0.329 e. The van der Waals surface area contributed by atoms with Gasteiger partial charge in [0.25, 0.3) is 0 Å². The molecule has 1 saturated carbocycles. The summed E-state index contributed by atoms with van der Waals surface area (Å²) < 4.78 is 10.6. The van der Waals surface area contributed by atoms with Crippen molar-refractivity contribution in [3.8, 4) is 5.75 Å². The third-order valence-corrected chi connectivity index (χ3v) is 5.03. The number of hydrogen-bond acceptors (Lipinski definition) is 4. The quantitative estimate of drug-likeness (QED) is 0.779. The van der Waals surface area contributed by atoms with Crippen molar-refractivity contribution in [3.05, 3.63) is 29.8 Å². The summed E-state index contributed by atoms with van der Waals surface area (Å²) in [4.78, 5) is 26.8. The third-order valence-electron chi connectivity index (χ3n) is 5.03. The van der Waals surface area contributed by atoms with Gasteiger partial charge in [0.15, 0.2) is 0 Å². The maximum absolute atomic E-state index is 12.6. The molecule has 1 saturated heterocycles. The number of ether oxygens (including phenoxy) is 2. The van der Waals surface area contributed by atoms with E-state index in [1.165, 1.54) is 0 Å². The molecule has 24 heavy (non-hydrogen) atoms. The highest BCUT2D eigenvalue weighted by atomic mass is 16.5. The zero-order chi connectivity index (χ0) is 16.9. The Balaban J connectivity index is 1.57. The van der Waals surface area contributed by atoms with Crippen molar-refractivity contribution in [2.75, 3.05) is 13.7 Å². The minimum Gasteiger partial charge on any atom is -0.497 e. The topological polar surface area (TPSA) is 55.8 Å². The monoisotopic (exact) mass is 331 g/mol. The SMILES string of the molecule is COc1cccc(COC(=O)[C@H]2CCCN2C(=O)C2CCCC2)c1. The van der Waals surface area contributed by atoms with E-state index in [1.807, 2.05) is 24.3 Å². The van der Waals surface area contributed by atoms with Gasteiger partial charge in [0.05, 0.1) is 7.11 Å². The van der Waals surface area contributed by atoms with Gasteiger partial charge < -0.3 is 14.4 Å². The van der Waals surface area contributed by atoms with E-state index in [2.05, 4.69) is 0 Å². The van der Waals surface area contributed by atoms with Gasteiger partial charge in [-0.15, -0.1) is 0 Å². The van der Waals surface area contributed by atoms with E-state index < -0.39 is 6.04 Å². The Hall–Kier alpha value is -2.04. The molecule has 0 aromatic heterocycles. The highest BCUT2D eigenvalue weighted by molar-refractivity contribution is 5.86. The van der Waals surface area contributed by atoms with Gasteiger partial charge in [-0.2, -0.15) is 0 Å². The Bertz CT molecular complexity index is 595. The van der Waals surface area contributed by atoms with Crippen LogP contribution in [0.3, 0.4) is 0 Å². The lowest BCUT2D eigenvalue weighted by atomic mass is 10.1. The average Bonchev–Trinajstić information content (AvgIpc) is 3.30. The van der Waals surface area contributed by atoms with Crippen LogP contribution in [-0.4, -0.2) is 36.5 Å². The zero-order valence-electron chi connectivity index (χ0n) is 14.2. The summed E-state index contributed by atoms with van der Waals surface area (Å²) in [5, 5.41) is 0. The fraction of sp³-hybridized carbons (Fsp3) is 0.579. The highest BCUT2D eigenvalue weighted by Crippen LogP contribution is 2.30. The van der Waals surface area contributed by atoms with Gasteiger partial charge >= 0.3 is 5.97 Å². The van der Waals surface area contributed by atoms with Crippen LogP contribution < -0.4 is 4.74 Å². The van der Waals surface area contributed by atoms with Gasteiger partial charge in [0, 0.05) is 12.5 Å². The number of amides is 1. The van der Waals surface area contributed by atoms with E-state index in [0.29, 0.717) is 13.0 Å². The zero-order valence-corrected chi connectivity index (χ0v) is 14.2. The number of nitrogens with zero attached hydrogens (tertiary/aromatic N) is 1. The van der Waals surface area contributed by atoms with E-state index in [-0.39, 0.29) is 24.4 Å². The first-order chi connectivity index (χ1) is 11.7. The summed E-state index contributed by atoms with van der Waals surface area (Å²) in [5.74, 6) is 0.703. The third kappa shape index (κ3) is 3.71. The number of hydrogen-bond donors (Lipinski definition) is 0. The molecule has 0 spiro atoms. The number of benzene rings is 1. The molecule has 1 aromatic carbocycles. The Morgan fingerprint density at radius 3 is 2.71 bits per heavy atom. The number of likely N-dealkylation sites (tertiary alicyclic amines) is 1. The first-order valence-electron chi connectivity index (χ1n) is 8.79. The van der Waals surface area contributed by atoms with Crippen LogP contribution in [-0.2, 0) is 20.9 Å². The Morgan fingerprint density at radius 1 is 1.17 bits per heavy atom. The lowest BCUT2D eigenvalue weighted by molar-refractivity contribution is -0.155. The first-order valence-corrected chi connectivity index (χ1v) is 8.79. The second kappa shape index (κ2) is 7.69. The van der Waals surface area contributed by atoms with Crippen LogP contribution in [0.5, 0.6) is 5.75 Å². The van der Waals surface area contributed by atoms with E-state index in [0.717, 1.165) is 43.4 Å². The van der Waals surface area contributed by atoms with Gasteiger partial charge in [-0.05, 0) is 43.4 Å². The second-order valence-electron chi connectivity index (χ2n) is 6.63. The lowest BCUT2D eigenvalue weighted by Crippen LogP contribution is -2.43. The van der Waals surface area contributed by atoms with Crippen molar-refractivity contribution in [3.63, 3.8) is 0 Å². The van der Waals surface area contributed by atoms with Crippen LogP contribution in [0, 0.1) is 5.92 Å². The molecule has 1 atom stereocenters. The van der Waals surface area contributed by atoms with Crippen LogP contribution in [0.25, 0.3) is 0 Å². The molecular weight excluding hydrogens is 306 g/mol. The Labute approximate surface area is 142 Å². The minimum absolute atomic E-state index is 0.108. The maximum Gasteiger partial charge on any atom is 0.329 e. The van der Waals surface area contributed by atoms with Gasteiger partial charge in [-0.3, -0.25) is 4.79 Å². The second-order valence-corrected chi connectivity index (χ2v) is 6.63. The predicted octanol–water partition coefficient (Wildman–Crippen LogP) is 2.92. The summed E-state index contributed by atoms with van der Waals surface area (Å²) >= 11 is 0. The highest BCUT2D eigenvalue weighted by Gasteiger charge is 2.38. The van der Waals surface area contributed by atoms with Crippen LogP contribution in [0.2, 0.25) is 0 Å². The lowest BCUT2D eigenvalue weighted by Gasteiger charge is -2.26. The molecule has 5 heteroatoms. The summed E-state index contributed by atoms with van der Waals surface area (Å²) in [7, 11) is 1.61. The van der Waals surface area contributed by atoms with Gasteiger partial charge in [-0.25, -0.2) is 4.79 Å². The maximum atomic E-state index is 12.6. The molecule has 0 bridgehead atoms. The molecule has 0 radical (unpaired) electrons. The van der Waals surface area contributed by atoms with E-state index >= 15 is 0 Å². The molecule has 3 rings (SSSR count). The molecule has 1 heterocycles. The summed E-state index contributed by atoms with van der Waals surface area (Å²) in [5.41, 5.74) is 0.884. The van der Waals surface area contributed by atoms with Crippen LogP contribution in [0.1, 0.15) is 44.1 Å². The molecule has 1 aliphatic heterocycles. The number of carbonyl (C=O) groups excluding carboxylic acids is 2. The van der Waals surface area contributed by atoms with Crippen molar-refractivity contribution in [2.24, 2.45) is 5.92 Å². The van der Waals surface area contributed by atoms with Crippen molar-refractivity contribution in [1.82, 2.24) is 4.90 Å². The normalized spacial score (nSPS) is 21.0. The number of carbonyl (C=O) groups is 2. The molecule has 130 valence electrons. The predicted molar refractivity (Wildman–Crippen MR) is 89.5 cm³/mol. The molecule has 5 nitrogen and oxygen atoms in total. The van der Waals surface area contributed by atoms with Gasteiger partial charge in [0.2, 0.25) is 5.91 Å². The molecule has 2 fully saturated rings. The van der Waals surface area contributed by atoms with Crippen LogP contribution in [0.4, 0.5) is 0 Å². The molecular formula is C19H25NO4. The van der Waals surface area contributed by atoms with Crippen molar-refractivity contribution in [1.29, 1.82) is 0 Å². The number of methoxy groups -OCH3 is 1. The molecule has 0 unspecified atom stereocenters. The van der Waals surface area contributed by atoms with Crippen molar-refractivity contribution < 1.29 is 19.1 Å². The molecule has 2 aliphatic rings. The van der Waals surface area contributed by atoms with Crippen LogP contribution in [0.15, 0.2) is 24.3 Å². The Kier molecular flexibility index (Phi) is 5.38. The largest absolute Gasteiger partial charge is 0.497 e. The molecule has 1 amide bonds. The fourth-order valence-electron chi connectivity index (χ4n) is 3.70. The first kappa shape index (κ1) is 16.8. The minimum atomic E-state index is -0.413. The summed E-state index contributed by atoms with van der Waals surface area (Å²) in [6, 6.07) is 7.05. The molecule has 0 N–H and O–H groups in total. The Morgan fingerprint density at radius 2 is 1.96 bits per heavy atom. The van der Waals surface area contributed by atoms with E-state index in [1.54, 1.807) is 12.0 Å². The van der Waals surface area contributed by atoms with Crippen molar-refractivity contribution >= 4 is 11.9 Å². The van der Waals surface area contributed by atoms with Crippen molar-refractivity contribution in [2.45, 2.75) is 51.2 Å².